The second-order valence-electron chi connectivity index (χ2n) is 11.1. The van der Waals surface area contributed by atoms with Crippen molar-refractivity contribution in [1.29, 1.82) is 0 Å². The van der Waals surface area contributed by atoms with E-state index in [4.69, 9.17) is 58.0 Å². The highest BCUT2D eigenvalue weighted by molar-refractivity contribution is 6.54. The van der Waals surface area contributed by atoms with E-state index >= 15 is 0 Å². The molecular weight excluding hydrogens is 660 g/mol. The standard InChI is InChI=1S/C34H30Cl5N3O2/c1-20-12-26(40-17-21(2)22-6-4-3-5-7-22)9-11-30(20)42-32(44)28-16-27(8-10-29(28)37)41-18-33(19-43)31(34(33,38)39)23-13-24(35)15-25(36)14-23/h3-16,19,21,31,40-41H,17-18H2,1-2H3,(H,42,44). The number of nitrogens with one attached hydrogen (secondary N) is 3. The Hall–Kier alpha value is -2.93. The molecule has 0 spiro atoms. The third kappa shape index (κ3) is 6.68. The summed E-state index contributed by atoms with van der Waals surface area (Å²) in [5.74, 6) is -0.560. The molecule has 3 atom stereocenters. The van der Waals surface area contributed by atoms with Crippen LogP contribution in [0.1, 0.15) is 45.8 Å². The van der Waals surface area contributed by atoms with Crippen molar-refractivity contribution in [1.82, 2.24) is 0 Å². The van der Waals surface area contributed by atoms with Gasteiger partial charge in [-0.3, -0.25) is 4.79 Å². The minimum Gasteiger partial charge on any atom is -0.384 e. The van der Waals surface area contributed by atoms with Crippen LogP contribution in [0.5, 0.6) is 0 Å². The summed E-state index contributed by atoms with van der Waals surface area (Å²) >= 11 is 32.1. The Labute approximate surface area is 282 Å². The number of hydrogen-bond donors (Lipinski definition) is 3. The second-order valence-corrected chi connectivity index (χ2v) is 13.8. The fourth-order valence-electron chi connectivity index (χ4n) is 5.46. The quantitative estimate of drug-likeness (QED) is 0.108. The Morgan fingerprint density at radius 1 is 0.886 bits per heavy atom. The van der Waals surface area contributed by atoms with Gasteiger partial charge in [0, 0.05) is 46.1 Å². The summed E-state index contributed by atoms with van der Waals surface area (Å²) in [6.07, 6.45) is 0.757. The molecule has 10 heteroatoms. The number of rotatable bonds is 11. The molecule has 3 N–H and O–H groups in total. The van der Waals surface area contributed by atoms with Gasteiger partial charge in [0.15, 0.2) is 0 Å². The third-order valence-corrected chi connectivity index (χ3v) is 10.0. The third-order valence-electron chi connectivity index (χ3n) is 8.10. The normalized spacial score (nSPS) is 19.1. The highest BCUT2D eigenvalue weighted by Gasteiger charge is 2.76. The number of halogens is 5. The Morgan fingerprint density at radius 3 is 2.20 bits per heavy atom. The molecular formula is C34H30Cl5N3O2. The monoisotopic (exact) mass is 687 g/mol. The van der Waals surface area contributed by atoms with Gasteiger partial charge in [0.2, 0.25) is 0 Å². The van der Waals surface area contributed by atoms with Gasteiger partial charge in [-0.15, -0.1) is 0 Å². The van der Waals surface area contributed by atoms with Gasteiger partial charge in [-0.05, 0) is 84.1 Å². The maximum Gasteiger partial charge on any atom is 0.257 e. The lowest BCUT2D eigenvalue weighted by Crippen LogP contribution is -2.23. The minimum atomic E-state index is -1.37. The van der Waals surface area contributed by atoms with Crippen molar-refractivity contribution in [3.05, 3.63) is 122 Å². The molecule has 5 rings (SSSR count). The molecule has 5 nitrogen and oxygen atoms in total. The molecule has 1 amide bonds. The Balaban J connectivity index is 1.25. The topological polar surface area (TPSA) is 70.2 Å². The first kappa shape index (κ1) is 32.5. The first-order chi connectivity index (χ1) is 20.9. The van der Waals surface area contributed by atoms with Crippen molar-refractivity contribution in [3.8, 4) is 0 Å². The van der Waals surface area contributed by atoms with E-state index in [0.717, 1.165) is 24.1 Å². The van der Waals surface area contributed by atoms with Crippen molar-refractivity contribution in [2.45, 2.75) is 30.0 Å². The molecule has 0 saturated heterocycles. The van der Waals surface area contributed by atoms with Crippen LogP contribution in [0.2, 0.25) is 15.1 Å². The van der Waals surface area contributed by atoms with Gasteiger partial charge in [0.25, 0.3) is 5.91 Å². The summed E-state index contributed by atoms with van der Waals surface area (Å²) in [5, 5.41) is 10.8. The fraction of sp³-hybridized carbons (Fsp3) is 0.235. The number of amides is 1. The van der Waals surface area contributed by atoms with Crippen LogP contribution in [0.3, 0.4) is 0 Å². The second kappa shape index (κ2) is 13.2. The molecule has 4 aromatic rings. The zero-order valence-corrected chi connectivity index (χ0v) is 27.7. The van der Waals surface area contributed by atoms with Crippen molar-refractivity contribution in [3.63, 3.8) is 0 Å². The molecule has 0 heterocycles. The predicted molar refractivity (Wildman–Crippen MR) is 185 cm³/mol. The smallest absolute Gasteiger partial charge is 0.257 e. The van der Waals surface area contributed by atoms with Crippen LogP contribution in [0.25, 0.3) is 0 Å². The van der Waals surface area contributed by atoms with Crippen LogP contribution in [-0.2, 0) is 4.79 Å². The van der Waals surface area contributed by atoms with E-state index in [0.29, 0.717) is 32.9 Å². The van der Waals surface area contributed by atoms with E-state index in [1.165, 1.54) is 5.56 Å². The van der Waals surface area contributed by atoms with Crippen LogP contribution in [0.4, 0.5) is 17.1 Å². The number of benzene rings is 4. The number of aldehydes is 1. The lowest BCUT2D eigenvalue weighted by Gasteiger charge is -2.17. The molecule has 1 aliphatic rings. The number of alkyl halides is 2. The van der Waals surface area contributed by atoms with Gasteiger partial charge >= 0.3 is 0 Å². The van der Waals surface area contributed by atoms with Gasteiger partial charge in [-0.25, -0.2) is 0 Å². The van der Waals surface area contributed by atoms with Gasteiger partial charge in [0.1, 0.15) is 10.6 Å². The molecule has 0 aromatic heterocycles. The molecule has 228 valence electrons. The number of carbonyl (C=O) groups excluding carboxylic acids is 2. The largest absolute Gasteiger partial charge is 0.384 e. The average Bonchev–Trinajstić information content (AvgIpc) is 3.50. The fourth-order valence-corrected chi connectivity index (χ4v) is 7.18. The number of carbonyl (C=O) groups is 2. The van der Waals surface area contributed by atoms with E-state index in [1.807, 2.05) is 43.3 Å². The lowest BCUT2D eigenvalue weighted by atomic mass is 10.00. The summed E-state index contributed by atoms with van der Waals surface area (Å²) in [4.78, 5) is 25.7. The summed E-state index contributed by atoms with van der Waals surface area (Å²) in [6, 6.07) is 26.1. The van der Waals surface area contributed by atoms with E-state index in [-0.39, 0.29) is 23.0 Å². The van der Waals surface area contributed by atoms with Gasteiger partial charge < -0.3 is 20.7 Å². The first-order valence-corrected chi connectivity index (χ1v) is 15.9. The van der Waals surface area contributed by atoms with Gasteiger partial charge in [-0.1, -0.05) is 95.3 Å². The number of hydrogen-bond acceptors (Lipinski definition) is 4. The molecule has 0 bridgehead atoms. The zero-order chi connectivity index (χ0) is 31.6. The molecule has 0 radical (unpaired) electrons. The molecule has 0 aliphatic heterocycles. The predicted octanol–water partition coefficient (Wildman–Crippen LogP) is 9.99. The molecule has 1 saturated carbocycles. The highest BCUT2D eigenvalue weighted by Crippen LogP contribution is 2.73. The lowest BCUT2D eigenvalue weighted by molar-refractivity contribution is -0.112. The highest BCUT2D eigenvalue weighted by atomic mass is 35.5. The molecule has 3 unspecified atom stereocenters. The molecule has 4 aromatic carbocycles. The van der Waals surface area contributed by atoms with Crippen molar-refractivity contribution in [2.75, 3.05) is 29.0 Å². The van der Waals surface area contributed by atoms with Crippen molar-refractivity contribution >= 4 is 87.3 Å². The Kier molecular flexibility index (Phi) is 9.74. The molecule has 1 fully saturated rings. The molecule has 1 aliphatic carbocycles. The van der Waals surface area contributed by atoms with Crippen LogP contribution in [-0.4, -0.2) is 29.6 Å². The number of anilines is 3. The maximum atomic E-state index is 13.3. The van der Waals surface area contributed by atoms with Crippen LogP contribution < -0.4 is 16.0 Å². The molecule has 44 heavy (non-hydrogen) atoms. The van der Waals surface area contributed by atoms with Crippen molar-refractivity contribution < 1.29 is 9.59 Å². The maximum absolute atomic E-state index is 13.3. The van der Waals surface area contributed by atoms with Crippen LogP contribution in [0.15, 0.2) is 84.9 Å². The Morgan fingerprint density at radius 2 is 1.55 bits per heavy atom. The summed E-state index contributed by atoms with van der Waals surface area (Å²) in [5.41, 5.74) is 4.16. The zero-order valence-electron chi connectivity index (χ0n) is 23.9. The van der Waals surface area contributed by atoms with E-state index in [2.05, 4.69) is 35.0 Å². The first-order valence-electron chi connectivity index (χ1n) is 14.0. The van der Waals surface area contributed by atoms with E-state index in [1.54, 1.807) is 36.4 Å². The van der Waals surface area contributed by atoms with Gasteiger partial charge in [0.05, 0.1) is 16.0 Å². The summed E-state index contributed by atoms with van der Waals surface area (Å²) < 4.78 is -1.37. The van der Waals surface area contributed by atoms with Gasteiger partial charge in [-0.2, -0.15) is 0 Å². The minimum absolute atomic E-state index is 0.109. The van der Waals surface area contributed by atoms with E-state index < -0.39 is 15.7 Å². The van der Waals surface area contributed by atoms with Crippen molar-refractivity contribution in [2.24, 2.45) is 5.41 Å². The summed E-state index contributed by atoms with van der Waals surface area (Å²) in [7, 11) is 0. The SMILES string of the molecule is Cc1cc(NCC(C)c2ccccc2)ccc1NC(=O)c1cc(NCC2(C=O)C(c3cc(Cl)cc(Cl)c3)C2(Cl)Cl)ccc1Cl. The van der Waals surface area contributed by atoms with Crippen LogP contribution in [0, 0.1) is 12.3 Å². The van der Waals surface area contributed by atoms with E-state index in [9.17, 15) is 9.59 Å². The summed E-state index contributed by atoms with van der Waals surface area (Å²) in [6.45, 7) is 4.99. The average molecular weight is 690 g/mol. The van der Waals surface area contributed by atoms with Crippen LogP contribution >= 0.6 is 58.0 Å². The number of aryl methyl sites for hydroxylation is 1. The Bertz CT molecular complexity index is 1680.